The summed E-state index contributed by atoms with van der Waals surface area (Å²) in [5.41, 5.74) is 1.39. The van der Waals surface area contributed by atoms with Gasteiger partial charge in [0.2, 0.25) is 0 Å². The Morgan fingerprint density at radius 2 is 1.92 bits per heavy atom. The van der Waals surface area contributed by atoms with Crippen LogP contribution in [-0.2, 0) is 0 Å². The second-order valence-corrected chi connectivity index (χ2v) is 5.87. The Bertz CT molecular complexity index is 1130. The number of thiazole rings is 1. The first-order valence-corrected chi connectivity index (χ1v) is 7.61. The molecule has 2 aromatic heterocycles. The molecule has 0 saturated carbocycles. The topological polar surface area (TPSA) is 55.1 Å². The summed E-state index contributed by atoms with van der Waals surface area (Å²) >= 11 is 1.22. The number of aromatic nitrogens is 3. The molecule has 0 atom stereocenters. The van der Waals surface area contributed by atoms with Crippen LogP contribution in [0.5, 0.6) is 0 Å². The van der Waals surface area contributed by atoms with E-state index in [0.717, 1.165) is 16.8 Å². The van der Waals surface area contributed by atoms with Crippen molar-refractivity contribution in [2.75, 3.05) is 5.32 Å². The maximum atomic E-state index is 13.9. The van der Waals surface area contributed by atoms with Gasteiger partial charge in [-0.2, -0.15) is 0 Å². The van der Waals surface area contributed by atoms with Crippen LogP contribution in [0.4, 0.5) is 25.4 Å². The van der Waals surface area contributed by atoms with Crippen LogP contribution in [0, 0.1) is 18.2 Å². The summed E-state index contributed by atoms with van der Waals surface area (Å²) in [7, 11) is 0. The second kappa shape index (κ2) is 5.47. The van der Waals surface area contributed by atoms with Gasteiger partial charge in [0.25, 0.3) is 0 Å². The van der Waals surface area contributed by atoms with E-state index in [2.05, 4.69) is 25.1 Å². The Morgan fingerprint density at radius 3 is 2.71 bits per heavy atom. The van der Waals surface area contributed by atoms with E-state index < -0.39 is 11.6 Å². The minimum absolute atomic E-state index is 0.100. The molecule has 116 valence electrons. The summed E-state index contributed by atoms with van der Waals surface area (Å²) in [5.74, 6) is -1.01. The predicted molar refractivity (Wildman–Crippen MR) is 88.6 cm³/mol. The summed E-state index contributed by atoms with van der Waals surface area (Å²) in [6, 6.07) is 6.80. The normalized spacial score (nSPS) is 10.9. The molecule has 5 nitrogen and oxygen atoms in total. The highest BCUT2D eigenvalue weighted by Gasteiger charge is 2.15. The zero-order valence-electron chi connectivity index (χ0n) is 11.9. The van der Waals surface area contributed by atoms with Crippen molar-refractivity contribution in [3.8, 4) is 0 Å². The molecular formula is C16H7F2N5S. The van der Waals surface area contributed by atoms with Gasteiger partial charge in [0.1, 0.15) is 23.8 Å². The Morgan fingerprint density at radius 1 is 1.08 bits per heavy atom. The highest BCUT2D eigenvalue weighted by Crippen LogP contribution is 2.37. The van der Waals surface area contributed by atoms with Crippen molar-refractivity contribution in [3.05, 3.63) is 59.7 Å². The zero-order chi connectivity index (χ0) is 16.7. The molecule has 1 N–H and O–H groups in total. The van der Waals surface area contributed by atoms with Gasteiger partial charge < -0.3 is 10.2 Å². The van der Waals surface area contributed by atoms with E-state index in [9.17, 15) is 8.78 Å². The van der Waals surface area contributed by atoms with Gasteiger partial charge in [0.05, 0.1) is 21.3 Å². The van der Waals surface area contributed by atoms with Gasteiger partial charge in [-0.05, 0) is 24.3 Å². The number of rotatable bonds is 2. The van der Waals surface area contributed by atoms with Gasteiger partial charge in [0, 0.05) is 6.07 Å². The number of fused-ring (bicyclic) bond motifs is 3. The highest BCUT2D eigenvalue weighted by atomic mass is 32.1. The minimum atomic E-state index is -0.722. The fourth-order valence-electron chi connectivity index (χ4n) is 2.38. The Balaban J connectivity index is 1.94. The molecule has 0 aliphatic heterocycles. The monoisotopic (exact) mass is 339 g/mol. The van der Waals surface area contributed by atoms with Gasteiger partial charge in [-0.25, -0.2) is 18.7 Å². The molecule has 0 bridgehead atoms. The highest BCUT2D eigenvalue weighted by molar-refractivity contribution is 7.23. The molecule has 0 amide bonds. The van der Waals surface area contributed by atoms with E-state index >= 15 is 0 Å². The number of benzene rings is 2. The molecule has 0 radical (unpaired) electrons. The Kier molecular flexibility index (Phi) is 3.29. The molecule has 0 spiro atoms. The summed E-state index contributed by atoms with van der Waals surface area (Å²) in [6.07, 6.45) is 1.36. The number of anilines is 2. The maximum Gasteiger partial charge on any atom is 0.330 e. The standard InChI is InChI=1S/C16H7F2N5S/c1-19-16-23-12-5-4-11-13(14(12)24-16)15(21-7-20-11)22-10-3-2-8(17)6-9(10)18/h2-7H,(H,20,21,22). The van der Waals surface area contributed by atoms with Crippen LogP contribution in [0.2, 0.25) is 0 Å². The third-order valence-corrected chi connectivity index (χ3v) is 4.41. The van der Waals surface area contributed by atoms with E-state index in [1.54, 1.807) is 12.1 Å². The molecule has 0 unspecified atom stereocenters. The van der Waals surface area contributed by atoms with Gasteiger partial charge >= 0.3 is 5.13 Å². The third-order valence-electron chi connectivity index (χ3n) is 3.42. The van der Waals surface area contributed by atoms with Crippen molar-refractivity contribution in [1.82, 2.24) is 15.0 Å². The molecule has 2 heterocycles. The minimum Gasteiger partial charge on any atom is -0.351 e. The smallest absolute Gasteiger partial charge is 0.330 e. The lowest BCUT2D eigenvalue weighted by atomic mass is 10.2. The number of nitrogens with zero attached hydrogens (tertiary/aromatic N) is 4. The molecule has 0 aliphatic carbocycles. The second-order valence-electron chi connectivity index (χ2n) is 4.89. The van der Waals surface area contributed by atoms with Crippen LogP contribution < -0.4 is 5.32 Å². The van der Waals surface area contributed by atoms with Crippen LogP contribution in [0.3, 0.4) is 0 Å². The first kappa shape index (κ1) is 14.4. The van der Waals surface area contributed by atoms with Gasteiger partial charge in [0.15, 0.2) is 5.52 Å². The summed E-state index contributed by atoms with van der Waals surface area (Å²) in [6.45, 7) is 7.11. The predicted octanol–water partition coefficient (Wildman–Crippen LogP) is 4.81. The zero-order valence-corrected chi connectivity index (χ0v) is 12.7. The number of nitrogens with one attached hydrogen (secondary N) is 1. The average Bonchev–Trinajstić information content (AvgIpc) is 3.01. The van der Waals surface area contributed by atoms with E-state index in [-0.39, 0.29) is 5.69 Å². The molecule has 0 fully saturated rings. The van der Waals surface area contributed by atoms with Gasteiger partial charge in [-0.1, -0.05) is 6.57 Å². The van der Waals surface area contributed by atoms with E-state index in [1.165, 1.54) is 23.7 Å². The van der Waals surface area contributed by atoms with Crippen LogP contribution in [0.15, 0.2) is 36.7 Å². The van der Waals surface area contributed by atoms with Crippen LogP contribution in [0.25, 0.3) is 26.0 Å². The fourth-order valence-corrected chi connectivity index (χ4v) is 3.27. The fraction of sp³-hybridized carbons (Fsp3) is 0. The molecule has 8 heteroatoms. The van der Waals surface area contributed by atoms with Crippen molar-refractivity contribution in [2.24, 2.45) is 0 Å². The Hall–Kier alpha value is -3.18. The maximum absolute atomic E-state index is 13.9. The molecule has 24 heavy (non-hydrogen) atoms. The average molecular weight is 339 g/mol. The first-order valence-electron chi connectivity index (χ1n) is 6.79. The molecule has 4 rings (SSSR count). The molecule has 0 aliphatic rings. The van der Waals surface area contributed by atoms with Crippen LogP contribution in [-0.4, -0.2) is 15.0 Å². The van der Waals surface area contributed by atoms with E-state index in [4.69, 9.17) is 6.57 Å². The third kappa shape index (κ3) is 2.31. The molecule has 4 aromatic rings. The number of hydrogen-bond acceptors (Lipinski definition) is 5. The lowest BCUT2D eigenvalue weighted by Gasteiger charge is -2.09. The van der Waals surface area contributed by atoms with Gasteiger partial charge in [-0.3, -0.25) is 0 Å². The van der Waals surface area contributed by atoms with Crippen molar-refractivity contribution < 1.29 is 8.78 Å². The van der Waals surface area contributed by atoms with E-state index in [0.29, 0.717) is 27.4 Å². The first-order chi connectivity index (χ1) is 11.7. The van der Waals surface area contributed by atoms with E-state index in [1.807, 2.05) is 0 Å². The van der Waals surface area contributed by atoms with Crippen molar-refractivity contribution in [1.29, 1.82) is 0 Å². The number of hydrogen-bond donors (Lipinski definition) is 1. The SMILES string of the molecule is [C-]#[N+]c1nc2ccc3ncnc(Nc4ccc(F)cc4F)c3c2s1. The van der Waals surface area contributed by atoms with Crippen molar-refractivity contribution in [2.45, 2.75) is 0 Å². The summed E-state index contributed by atoms with van der Waals surface area (Å²) in [4.78, 5) is 15.9. The largest absolute Gasteiger partial charge is 0.351 e. The van der Waals surface area contributed by atoms with Gasteiger partial charge in [-0.15, -0.1) is 16.3 Å². The van der Waals surface area contributed by atoms with Crippen LogP contribution in [0.1, 0.15) is 0 Å². The lowest BCUT2D eigenvalue weighted by Crippen LogP contribution is -1.98. The van der Waals surface area contributed by atoms with Crippen molar-refractivity contribution >= 4 is 49.1 Å². The van der Waals surface area contributed by atoms with Crippen molar-refractivity contribution in [3.63, 3.8) is 0 Å². The number of halogens is 2. The quantitative estimate of drug-likeness (QED) is 0.532. The molecular weight excluding hydrogens is 332 g/mol. The molecule has 0 saturated heterocycles. The Labute approximate surface area is 138 Å². The lowest BCUT2D eigenvalue weighted by molar-refractivity contribution is 0.586. The van der Waals surface area contributed by atoms with Crippen LogP contribution >= 0.6 is 11.3 Å². The molecule has 2 aromatic carbocycles. The summed E-state index contributed by atoms with van der Waals surface area (Å²) in [5, 5.41) is 3.82. The summed E-state index contributed by atoms with van der Waals surface area (Å²) < 4.78 is 27.7.